The molecule has 1 aliphatic rings. The van der Waals surface area contributed by atoms with Crippen molar-refractivity contribution < 1.29 is 13.6 Å². The standard InChI is InChI=1S/C12H13BrF2N2O/c13-7-5-9(14)12(10(15)6-7)16-4-3-11(18)17-8-1-2-8/h5-6,8,16H,1-4H2,(H,17,18). The van der Waals surface area contributed by atoms with E-state index in [1.807, 2.05) is 0 Å². The highest BCUT2D eigenvalue weighted by Crippen LogP contribution is 2.23. The Morgan fingerprint density at radius 3 is 2.50 bits per heavy atom. The molecule has 2 rings (SSSR count). The fraction of sp³-hybridized carbons (Fsp3) is 0.417. The molecule has 1 aromatic rings. The molecule has 18 heavy (non-hydrogen) atoms. The molecule has 0 bridgehead atoms. The monoisotopic (exact) mass is 318 g/mol. The van der Waals surface area contributed by atoms with E-state index in [0.717, 1.165) is 12.8 Å². The summed E-state index contributed by atoms with van der Waals surface area (Å²) in [4.78, 5) is 11.4. The molecule has 1 fully saturated rings. The topological polar surface area (TPSA) is 41.1 Å². The van der Waals surface area contributed by atoms with Crippen LogP contribution < -0.4 is 10.6 Å². The maximum atomic E-state index is 13.4. The van der Waals surface area contributed by atoms with Crippen molar-refractivity contribution in [3.8, 4) is 0 Å². The van der Waals surface area contributed by atoms with Gasteiger partial charge >= 0.3 is 0 Å². The first-order valence-electron chi connectivity index (χ1n) is 5.74. The van der Waals surface area contributed by atoms with E-state index in [2.05, 4.69) is 26.6 Å². The molecule has 0 heterocycles. The first kappa shape index (κ1) is 13.3. The number of amides is 1. The molecule has 0 aliphatic heterocycles. The number of nitrogens with one attached hydrogen (secondary N) is 2. The van der Waals surface area contributed by atoms with E-state index < -0.39 is 11.6 Å². The van der Waals surface area contributed by atoms with E-state index in [-0.39, 0.29) is 24.6 Å². The molecule has 6 heteroatoms. The lowest BCUT2D eigenvalue weighted by atomic mass is 10.2. The van der Waals surface area contributed by atoms with Crippen molar-refractivity contribution >= 4 is 27.5 Å². The molecule has 98 valence electrons. The van der Waals surface area contributed by atoms with E-state index in [0.29, 0.717) is 10.5 Å². The zero-order chi connectivity index (χ0) is 13.1. The van der Waals surface area contributed by atoms with Crippen LogP contribution in [0, 0.1) is 11.6 Å². The predicted octanol–water partition coefficient (Wildman–Crippen LogP) is 2.81. The SMILES string of the molecule is O=C(CCNc1c(F)cc(Br)cc1F)NC1CC1. The number of hydrogen-bond acceptors (Lipinski definition) is 2. The van der Waals surface area contributed by atoms with Crippen LogP contribution in [0.25, 0.3) is 0 Å². The van der Waals surface area contributed by atoms with E-state index in [1.165, 1.54) is 12.1 Å². The lowest BCUT2D eigenvalue weighted by Gasteiger charge is -2.09. The molecular weight excluding hydrogens is 306 g/mol. The summed E-state index contributed by atoms with van der Waals surface area (Å²) in [7, 11) is 0. The molecule has 1 saturated carbocycles. The van der Waals surface area contributed by atoms with Gasteiger partial charge in [-0.15, -0.1) is 0 Å². The number of carbonyl (C=O) groups is 1. The van der Waals surface area contributed by atoms with Gasteiger partial charge in [-0.2, -0.15) is 0 Å². The van der Waals surface area contributed by atoms with Gasteiger partial charge < -0.3 is 10.6 Å². The van der Waals surface area contributed by atoms with Gasteiger partial charge in [0.25, 0.3) is 0 Å². The van der Waals surface area contributed by atoms with Crippen LogP contribution in [0.4, 0.5) is 14.5 Å². The maximum absolute atomic E-state index is 13.4. The Balaban J connectivity index is 1.84. The average Bonchev–Trinajstić information content (AvgIpc) is 3.05. The Labute approximate surface area is 112 Å². The fourth-order valence-corrected chi connectivity index (χ4v) is 1.94. The smallest absolute Gasteiger partial charge is 0.221 e. The second kappa shape index (κ2) is 5.65. The highest BCUT2D eigenvalue weighted by molar-refractivity contribution is 9.10. The van der Waals surface area contributed by atoms with Gasteiger partial charge in [0, 0.05) is 23.5 Å². The van der Waals surface area contributed by atoms with Crippen LogP contribution in [0.1, 0.15) is 19.3 Å². The Kier molecular flexibility index (Phi) is 4.16. The Bertz CT molecular complexity index is 440. The van der Waals surface area contributed by atoms with Crippen LogP contribution in [-0.2, 0) is 4.79 Å². The van der Waals surface area contributed by atoms with Crippen molar-refractivity contribution in [3.63, 3.8) is 0 Å². The lowest BCUT2D eigenvalue weighted by molar-refractivity contribution is -0.120. The molecule has 0 radical (unpaired) electrons. The fourth-order valence-electron chi connectivity index (χ4n) is 1.54. The third-order valence-corrected chi connectivity index (χ3v) is 3.06. The van der Waals surface area contributed by atoms with Crippen LogP contribution in [0.2, 0.25) is 0 Å². The van der Waals surface area contributed by atoms with Crippen molar-refractivity contribution in [1.82, 2.24) is 5.32 Å². The van der Waals surface area contributed by atoms with Gasteiger partial charge in [0.2, 0.25) is 5.91 Å². The Morgan fingerprint density at radius 2 is 1.94 bits per heavy atom. The van der Waals surface area contributed by atoms with Crippen molar-refractivity contribution in [2.75, 3.05) is 11.9 Å². The molecule has 0 saturated heterocycles. The number of halogens is 3. The Hall–Kier alpha value is -1.17. The summed E-state index contributed by atoms with van der Waals surface area (Å²) in [6.45, 7) is 0.202. The summed E-state index contributed by atoms with van der Waals surface area (Å²) in [6, 6.07) is 2.66. The molecule has 1 aliphatic carbocycles. The zero-order valence-electron chi connectivity index (χ0n) is 9.60. The quantitative estimate of drug-likeness (QED) is 0.876. The minimum Gasteiger partial charge on any atom is -0.380 e. The van der Waals surface area contributed by atoms with Crippen molar-refractivity contribution in [2.24, 2.45) is 0 Å². The summed E-state index contributed by atoms with van der Waals surface area (Å²) in [6.07, 6.45) is 2.25. The normalized spacial score (nSPS) is 14.4. The van der Waals surface area contributed by atoms with Gasteiger partial charge in [-0.1, -0.05) is 15.9 Å². The third-order valence-electron chi connectivity index (χ3n) is 2.60. The van der Waals surface area contributed by atoms with E-state index >= 15 is 0 Å². The van der Waals surface area contributed by atoms with E-state index in [9.17, 15) is 13.6 Å². The highest BCUT2D eigenvalue weighted by Gasteiger charge is 2.22. The van der Waals surface area contributed by atoms with Gasteiger partial charge in [-0.3, -0.25) is 4.79 Å². The zero-order valence-corrected chi connectivity index (χ0v) is 11.2. The first-order valence-corrected chi connectivity index (χ1v) is 6.53. The van der Waals surface area contributed by atoms with Crippen molar-refractivity contribution in [1.29, 1.82) is 0 Å². The van der Waals surface area contributed by atoms with Gasteiger partial charge in [-0.05, 0) is 25.0 Å². The molecule has 0 atom stereocenters. The van der Waals surface area contributed by atoms with Crippen molar-refractivity contribution in [2.45, 2.75) is 25.3 Å². The molecular formula is C12H13BrF2N2O. The number of anilines is 1. The third kappa shape index (κ3) is 3.66. The molecule has 1 aromatic carbocycles. The average molecular weight is 319 g/mol. The maximum Gasteiger partial charge on any atom is 0.221 e. The first-order chi connectivity index (χ1) is 8.56. The summed E-state index contributed by atoms with van der Waals surface area (Å²) < 4.78 is 27.2. The Morgan fingerprint density at radius 1 is 1.33 bits per heavy atom. The second-order valence-corrected chi connectivity index (χ2v) is 5.18. The molecule has 0 aromatic heterocycles. The lowest BCUT2D eigenvalue weighted by Crippen LogP contribution is -2.27. The summed E-state index contributed by atoms with van der Waals surface area (Å²) in [5.41, 5.74) is -0.197. The van der Waals surface area contributed by atoms with Crippen LogP contribution in [0.3, 0.4) is 0 Å². The molecule has 1 amide bonds. The second-order valence-electron chi connectivity index (χ2n) is 4.26. The number of hydrogen-bond donors (Lipinski definition) is 2. The largest absolute Gasteiger partial charge is 0.380 e. The number of benzene rings is 1. The summed E-state index contributed by atoms with van der Waals surface area (Å²) in [5, 5.41) is 5.41. The summed E-state index contributed by atoms with van der Waals surface area (Å²) >= 11 is 3.00. The number of rotatable bonds is 5. The molecule has 0 spiro atoms. The van der Waals surface area contributed by atoms with Gasteiger partial charge in [0.1, 0.15) is 17.3 Å². The van der Waals surface area contributed by atoms with E-state index in [1.54, 1.807) is 0 Å². The van der Waals surface area contributed by atoms with Crippen LogP contribution in [0.15, 0.2) is 16.6 Å². The van der Waals surface area contributed by atoms with Crippen molar-refractivity contribution in [3.05, 3.63) is 28.2 Å². The number of carbonyl (C=O) groups excluding carboxylic acids is 1. The molecule has 3 nitrogen and oxygen atoms in total. The predicted molar refractivity (Wildman–Crippen MR) is 68.3 cm³/mol. The van der Waals surface area contributed by atoms with E-state index in [4.69, 9.17) is 0 Å². The summed E-state index contributed by atoms with van der Waals surface area (Å²) in [5.74, 6) is -1.45. The van der Waals surface area contributed by atoms with Gasteiger partial charge in [-0.25, -0.2) is 8.78 Å². The minimum atomic E-state index is -0.676. The molecule has 2 N–H and O–H groups in total. The van der Waals surface area contributed by atoms with Crippen LogP contribution >= 0.6 is 15.9 Å². The van der Waals surface area contributed by atoms with Gasteiger partial charge in [0.15, 0.2) is 0 Å². The highest BCUT2D eigenvalue weighted by atomic mass is 79.9. The van der Waals surface area contributed by atoms with Crippen LogP contribution in [-0.4, -0.2) is 18.5 Å². The molecule has 0 unspecified atom stereocenters. The van der Waals surface area contributed by atoms with Crippen LogP contribution in [0.5, 0.6) is 0 Å². The minimum absolute atomic E-state index is 0.0945. The van der Waals surface area contributed by atoms with Gasteiger partial charge in [0.05, 0.1) is 0 Å².